The predicted molar refractivity (Wildman–Crippen MR) is 114 cm³/mol. The van der Waals surface area contributed by atoms with Gasteiger partial charge >= 0.3 is 0 Å². The molecule has 0 saturated carbocycles. The fraction of sp³-hybridized carbons (Fsp3) is 0.286. The average molecular weight is 420 g/mol. The van der Waals surface area contributed by atoms with Crippen LogP contribution in [-0.4, -0.2) is 58.0 Å². The van der Waals surface area contributed by atoms with Crippen molar-refractivity contribution in [2.45, 2.75) is 36.1 Å². The molecule has 0 radical (unpaired) electrons. The van der Waals surface area contributed by atoms with Gasteiger partial charge in [-0.25, -0.2) is 9.97 Å². The normalized spacial score (nSPS) is 19.3. The average Bonchev–Trinajstić information content (AvgIpc) is 3.47. The van der Waals surface area contributed by atoms with Gasteiger partial charge in [-0.3, -0.25) is 4.79 Å². The second-order valence-corrected chi connectivity index (χ2v) is 8.64. The molecule has 9 heteroatoms. The molecular formula is C21H21N7OS. The molecule has 1 saturated heterocycles. The molecule has 4 heterocycles. The van der Waals surface area contributed by atoms with Gasteiger partial charge in [-0.2, -0.15) is 15.0 Å². The number of nitrogens with zero attached hydrogens (tertiary/aromatic N) is 7. The fourth-order valence-corrected chi connectivity index (χ4v) is 5.04. The van der Waals surface area contributed by atoms with Crippen molar-refractivity contribution < 1.29 is 4.79 Å². The molecule has 4 aromatic rings. The lowest BCUT2D eigenvalue weighted by atomic mass is 10.0. The Hall–Kier alpha value is -3.20. The van der Waals surface area contributed by atoms with Gasteiger partial charge in [-0.15, -0.1) is 0 Å². The van der Waals surface area contributed by atoms with Crippen LogP contribution >= 0.6 is 11.8 Å². The maximum atomic E-state index is 13.5. The van der Waals surface area contributed by atoms with E-state index in [-0.39, 0.29) is 17.2 Å². The summed E-state index contributed by atoms with van der Waals surface area (Å²) in [6.45, 7) is 2.77. The summed E-state index contributed by atoms with van der Waals surface area (Å²) in [6, 6.07) is 7.66. The monoisotopic (exact) mass is 419 g/mol. The smallest absolute Gasteiger partial charge is 0.256 e. The van der Waals surface area contributed by atoms with Gasteiger partial charge in [0.15, 0.2) is 5.65 Å². The molecule has 3 aromatic heterocycles. The molecule has 0 spiro atoms. The van der Waals surface area contributed by atoms with Crippen LogP contribution in [-0.2, 0) is 0 Å². The first-order valence-corrected chi connectivity index (χ1v) is 10.8. The van der Waals surface area contributed by atoms with Crippen molar-refractivity contribution in [1.29, 1.82) is 0 Å². The van der Waals surface area contributed by atoms with Crippen molar-refractivity contribution in [3.63, 3.8) is 0 Å². The lowest BCUT2D eigenvalue weighted by molar-refractivity contribution is 0.0641. The maximum absolute atomic E-state index is 13.5. The zero-order valence-corrected chi connectivity index (χ0v) is 17.3. The largest absolute Gasteiger partial charge is 0.335 e. The van der Waals surface area contributed by atoms with E-state index in [0.717, 1.165) is 23.5 Å². The minimum atomic E-state index is 0.00711. The van der Waals surface area contributed by atoms with Crippen molar-refractivity contribution in [2.75, 3.05) is 6.54 Å². The van der Waals surface area contributed by atoms with Crippen LogP contribution in [0.3, 0.4) is 0 Å². The molecule has 5 rings (SSSR count). The second-order valence-electron chi connectivity index (χ2n) is 7.35. The highest BCUT2D eigenvalue weighted by molar-refractivity contribution is 8.00. The second kappa shape index (κ2) is 7.91. The Kier molecular flexibility index (Phi) is 4.96. The minimum Gasteiger partial charge on any atom is -0.335 e. The Balaban J connectivity index is 1.39. The molecule has 0 unspecified atom stereocenters. The molecule has 0 N–H and O–H groups in total. The van der Waals surface area contributed by atoms with Crippen molar-refractivity contribution >= 4 is 23.3 Å². The summed E-state index contributed by atoms with van der Waals surface area (Å²) in [5.41, 5.74) is 2.16. The number of likely N-dealkylation sites (tertiary alicyclic amines) is 1. The molecule has 1 aliphatic heterocycles. The highest BCUT2D eigenvalue weighted by atomic mass is 32.2. The minimum absolute atomic E-state index is 0.00711. The van der Waals surface area contributed by atoms with E-state index in [1.54, 1.807) is 36.5 Å². The first-order valence-electron chi connectivity index (χ1n) is 9.92. The van der Waals surface area contributed by atoms with Crippen LogP contribution in [0.2, 0.25) is 0 Å². The molecule has 152 valence electrons. The number of benzene rings is 1. The lowest BCUT2D eigenvalue weighted by Gasteiger charge is -2.38. The van der Waals surface area contributed by atoms with Crippen LogP contribution in [0, 0.1) is 0 Å². The number of thioether (sulfide) groups is 1. The number of imidazole rings is 1. The van der Waals surface area contributed by atoms with Crippen LogP contribution < -0.4 is 0 Å². The Labute approximate surface area is 177 Å². The zero-order chi connectivity index (χ0) is 20.5. The van der Waals surface area contributed by atoms with E-state index >= 15 is 0 Å². The van der Waals surface area contributed by atoms with Gasteiger partial charge in [-0.05, 0) is 31.9 Å². The Morgan fingerprint density at radius 1 is 1.03 bits per heavy atom. The van der Waals surface area contributed by atoms with E-state index in [9.17, 15) is 4.79 Å². The molecular weight excluding hydrogens is 398 g/mol. The maximum Gasteiger partial charge on any atom is 0.256 e. The van der Waals surface area contributed by atoms with E-state index in [4.69, 9.17) is 0 Å². The van der Waals surface area contributed by atoms with Gasteiger partial charge in [0.2, 0.25) is 0 Å². The van der Waals surface area contributed by atoms with E-state index in [0.29, 0.717) is 17.8 Å². The molecule has 1 aliphatic rings. The van der Waals surface area contributed by atoms with Crippen molar-refractivity contribution in [3.8, 4) is 5.69 Å². The number of hydrogen-bond donors (Lipinski definition) is 0. The number of fused-ring (bicyclic) bond motifs is 1. The van der Waals surface area contributed by atoms with Crippen LogP contribution in [0.25, 0.3) is 11.3 Å². The SMILES string of the molecule is C[C@@H]1CC[C@@H](Sc2nccn3ccnc23)CN1C(=O)c1ccccc1-n1nccn1. The Morgan fingerprint density at radius 2 is 1.80 bits per heavy atom. The molecule has 1 aromatic carbocycles. The molecule has 0 aliphatic carbocycles. The number of amides is 1. The molecule has 1 fully saturated rings. The van der Waals surface area contributed by atoms with E-state index < -0.39 is 0 Å². The van der Waals surface area contributed by atoms with E-state index in [1.165, 1.54) is 4.80 Å². The highest BCUT2D eigenvalue weighted by Crippen LogP contribution is 2.33. The third kappa shape index (κ3) is 3.45. The molecule has 8 nitrogen and oxygen atoms in total. The zero-order valence-electron chi connectivity index (χ0n) is 16.5. The first kappa shape index (κ1) is 18.8. The number of aromatic nitrogens is 6. The number of carbonyl (C=O) groups is 1. The topological polar surface area (TPSA) is 81.2 Å². The summed E-state index contributed by atoms with van der Waals surface area (Å²) < 4.78 is 1.97. The first-order chi connectivity index (χ1) is 14.7. The Morgan fingerprint density at radius 3 is 2.63 bits per heavy atom. The van der Waals surface area contributed by atoms with Crippen LogP contribution in [0.1, 0.15) is 30.1 Å². The summed E-state index contributed by atoms with van der Waals surface area (Å²) in [5.74, 6) is 0.00711. The van der Waals surface area contributed by atoms with Crippen LogP contribution in [0.5, 0.6) is 0 Å². The van der Waals surface area contributed by atoms with Crippen molar-refractivity contribution in [3.05, 3.63) is 67.0 Å². The van der Waals surface area contributed by atoms with Gasteiger partial charge < -0.3 is 9.30 Å². The summed E-state index contributed by atoms with van der Waals surface area (Å²) in [6.07, 6.45) is 12.6. The number of rotatable bonds is 4. The lowest BCUT2D eigenvalue weighted by Crippen LogP contribution is -2.46. The van der Waals surface area contributed by atoms with E-state index in [2.05, 4.69) is 27.1 Å². The molecule has 30 heavy (non-hydrogen) atoms. The summed E-state index contributed by atoms with van der Waals surface area (Å²) in [4.78, 5) is 25.9. The van der Waals surface area contributed by atoms with Gasteiger partial charge in [0.25, 0.3) is 5.91 Å². The van der Waals surface area contributed by atoms with Crippen molar-refractivity contribution in [2.24, 2.45) is 0 Å². The third-order valence-corrected chi connectivity index (χ3v) is 6.65. The number of piperidine rings is 1. The van der Waals surface area contributed by atoms with Gasteiger partial charge in [-0.1, -0.05) is 23.9 Å². The predicted octanol–water partition coefficient (Wildman–Crippen LogP) is 3.10. The fourth-order valence-electron chi connectivity index (χ4n) is 3.85. The molecule has 0 bridgehead atoms. The highest BCUT2D eigenvalue weighted by Gasteiger charge is 2.32. The summed E-state index contributed by atoms with van der Waals surface area (Å²) in [5, 5.41) is 9.56. The third-order valence-electron chi connectivity index (χ3n) is 5.43. The summed E-state index contributed by atoms with van der Waals surface area (Å²) >= 11 is 1.70. The summed E-state index contributed by atoms with van der Waals surface area (Å²) in [7, 11) is 0. The Bertz CT molecular complexity index is 1170. The van der Waals surface area contributed by atoms with Gasteiger partial charge in [0.1, 0.15) is 5.03 Å². The number of carbonyl (C=O) groups excluding carboxylic acids is 1. The number of hydrogen-bond acceptors (Lipinski definition) is 6. The van der Waals surface area contributed by atoms with Crippen LogP contribution in [0.4, 0.5) is 0 Å². The van der Waals surface area contributed by atoms with Gasteiger partial charge in [0, 0.05) is 42.6 Å². The van der Waals surface area contributed by atoms with Crippen LogP contribution in [0.15, 0.2) is 66.5 Å². The number of para-hydroxylation sites is 1. The molecule has 2 atom stereocenters. The molecule has 1 amide bonds. The van der Waals surface area contributed by atoms with E-state index in [1.807, 2.05) is 46.0 Å². The van der Waals surface area contributed by atoms with Gasteiger partial charge in [0.05, 0.1) is 23.6 Å². The quantitative estimate of drug-likeness (QED) is 0.506. The van der Waals surface area contributed by atoms with Crippen molar-refractivity contribution in [1.82, 2.24) is 34.3 Å². The standard InChI is InChI=1S/C21H21N7OS/c1-15-6-7-16(30-20-19-22-10-12-26(19)13-11-23-20)14-27(15)21(29)17-4-2-3-5-18(17)28-24-8-9-25-28/h2-5,8-13,15-16H,6-7,14H2,1H3/t15-,16-/m1/s1.